The zero-order valence-electron chi connectivity index (χ0n) is 18.0. The molecule has 1 heterocycles. The van der Waals surface area contributed by atoms with Crippen molar-refractivity contribution < 1.29 is 23.7 Å². The predicted octanol–water partition coefficient (Wildman–Crippen LogP) is 4.81. The zero-order chi connectivity index (χ0) is 24.9. The molecule has 0 aliphatic heterocycles. The monoisotopic (exact) mass is 493 g/mol. The van der Waals surface area contributed by atoms with Gasteiger partial charge in [0.1, 0.15) is 5.75 Å². The minimum atomic E-state index is -0.613. The van der Waals surface area contributed by atoms with Crippen LogP contribution in [0.4, 0.5) is 17.4 Å². The van der Waals surface area contributed by atoms with Crippen molar-refractivity contribution in [2.45, 2.75) is 0 Å². The van der Waals surface area contributed by atoms with Crippen LogP contribution in [0.2, 0.25) is 5.02 Å². The number of amides is 2. The number of anilines is 2. The van der Waals surface area contributed by atoms with Crippen LogP contribution < -0.4 is 15.4 Å². The molecule has 11 nitrogen and oxygen atoms in total. The Kier molecular flexibility index (Phi) is 6.69. The number of nitro groups is 1. The second-order valence-corrected chi connectivity index (χ2v) is 7.45. The quantitative estimate of drug-likeness (QED) is 0.275. The van der Waals surface area contributed by atoms with Gasteiger partial charge in [-0.2, -0.15) is 0 Å². The number of hydrogen-bond acceptors (Lipinski definition) is 8. The summed E-state index contributed by atoms with van der Waals surface area (Å²) in [6.07, 6.45) is 0. The molecular formula is C23H16ClN5O6. The van der Waals surface area contributed by atoms with E-state index in [1.807, 2.05) is 0 Å². The average Bonchev–Trinajstić information content (AvgIpc) is 3.32. The highest BCUT2D eigenvalue weighted by atomic mass is 35.5. The van der Waals surface area contributed by atoms with Crippen molar-refractivity contribution in [2.75, 3.05) is 17.7 Å². The Morgan fingerprint density at radius 2 is 1.69 bits per heavy atom. The molecule has 35 heavy (non-hydrogen) atoms. The normalized spacial score (nSPS) is 10.5. The second-order valence-electron chi connectivity index (χ2n) is 7.01. The minimum absolute atomic E-state index is 0.0600. The number of para-hydroxylation sites is 1. The van der Waals surface area contributed by atoms with Crippen LogP contribution in [0.5, 0.6) is 5.75 Å². The molecule has 0 saturated heterocycles. The first-order valence-corrected chi connectivity index (χ1v) is 10.4. The van der Waals surface area contributed by atoms with Crippen LogP contribution in [0, 0.1) is 10.1 Å². The van der Waals surface area contributed by atoms with Crippen molar-refractivity contribution in [3.63, 3.8) is 0 Å². The maximum absolute atomic E-state index is 12.9. The number of benzene rings is 3. The van der Waals surface area contributed by atoms with E-state index in [1.54, 1.807) is 30.3 Å². The van der Waals surface area contributed by atoms with Crippen molar-refractivity contribution in [1.29, 1.82) is 0 Å². The third kappa shape index (κ3) is 5.25. The number of hydrogen-bond donors (Lipinski definition) is 2. The summed E-state index contributed by atoms with van der Waals surface area (Å²) < 4.78 is 10.7. The Morgan fingerprint density at radius 3 is 2.40 bits per heavy atom. The van der Waals surface area contributed by atoms with Gasteiger partial charge < -0.3 is 14.5 Å². The first kappa shape index (κ1) is 23.4. The summed E-state index contributed by atoms with van der Waals surface area (Å²) in [6.45, 7) is 0. The molecule has 176 valence electrons. The zero-order valence-corrected chi connectivity index (χ0v) is 18.8. The highest BCUT2D eigenvalue weighted by molar-refractivity contribution is 6.31. The fourth-order valence-corrected chi connectivity index (χ4v) is 3.29. The number of carbonyl (C=O) groups excluding carboxylic acids is 2. The first-order chi connectivity index (χ1) is 16.9. The molecule has 12 heteroatoms. The maximum Gasteiger partial charge on any atom is 0.322 e. The number of nitrogens with one attached hydrogen (secondary N) is 2. The molecule has 4 rings (SSSR count). The summed E-state index contributed by atoms with van der Waals surface area (Å²) in [5.41, 5.74) is 0.909. The van der Waals surface area contributed by atoms with Crippen molar-refractivity contribution in [2.24, 2.45) is 0 Å². The van der Waals surface area contributed by atoms with Crippen LogP contribution in [-0.4, -0.2) is 34.0 Å². The fourth-order valence-electron chi connectivity index (χ4n) is 3.12. The predicted molar refractivity (Wildman–Crippen MR) is 127 cm³/mol. The van der Waals surface area contributed by atoms with Crippen LogP contribution in [0.1, 0.15) is 20.7 Å². The van der Waals surface area contributed by atoms with Crippen molar-refractivity contribution in [3.05, 3.63) is 93.0 Å². The number of methoxy groups -OCH3 is 1. The third-order valence-electron chi connectivity index (χ3n) is 4.80. The summed E-state index contributed by atoms with van der Waals surface area (Å²) in [5, 5.41) is 23.9. The minimum Gasteiger partial charge on any atom is -0.496 e. The number of non-ortho nitro benzene ring substituents is 1. The number of nitrogens with zero attached hydrogens (tertiary/aromatic N) is 3. The van der Waals surface area contributed by atoms with Gasteiger partial charge in [0.25, 0.3) is 17.5 Å². The molecule has 0 unspecified atom stereocenters. The van der Waals surface area contributed by atoms with E-state index in [0.29, 0.717) is 16.3 Å². The van der Waals surface area contributed by atoms with Gasteiger partial charge in [0.15, 0.2) is 0 Å². The van der Waals surface area contributed by atoms with Crippen LogP contribution >= 0.6 is 11.6 Å². The highest BCUT2D eigenvalue weighted by Crippen LogP contribution is 2.26. The van der Waals surface area contributed by atoms with E-state index in [9.17, 15) is 19.7 Å². The van der Waals surface area contributed by atoms with Crippen molar-refractivity contribution >= 4 is 40.8 Å². The molecule has 3 aromatic carbocycles. The van der Waals surface area contributed by atoms with E-state index in [0.717, 1.165) is 0 Å². The molecular weight excluding hydrogens is 478 g/mol. The third-order valence-corrected chi connectivity index (χ3v) is 5.03. The number of halogens is 1. The number of rotatable bonds is 7. The summed E-state index contributed by atoms with van der Waals surface area (Å²) >= 11 is 6.01. The largest absolute Gasteiger partial charge is 0.496 e. The van der Waals surface area contributed by atoms with Gasteiger partial charge in [0.2, 0.25) is 5.89 Å². The molecule has 4 aromatic rings. The van der Waals surface area contributed by atoms with Gasteiger partial charge in [0, 0.05) is 22.7 Å². The molecule has 0 aliphatic carbocycles. The lowest BCUT2D eigenvalue weighted by Gasteiger charge is -2.12. The molecule has 1 aromatic heterocycles. The highest BCUT2D eigenvalue weighted by Gasteiger charge is 2.19. The maximum atomic E-state index is 12.9. The molecule has 0 atom stereocenters. The van der Waals surface area contributed by atoms with Gasteiger partial charge in [-0.1, -0.05) is 28.8 Å². The average molecular weight is 494 g/mol. The summed E-state index contributed by atoms with van der Waals surface area (Å²) in [6, 6.07) is 16.3. The Bertz CT molecular complexity index is 1420. The Balaban J connectivity index is 1.51. The Labute approximate surface area is 202 Å². The number of ether oxygens (including phenoxy) is 1. The smallest absolute Gasteiger partial charge is 0.322 e. The molecule has 0 bridgehead atoms. The summed E-state index contributed by atoms with van der Waals surface area (Å²) in [5.74, 6) is -0.760. The number of nitro benzene ring substituents is 1. The van der Waals surface area contributed by atoms with Crippen LogP contribution in [0.15, 0.2) is 71.1 Å². The standard InChI is InChI=1S/C23H16ClN5O6/c1-34-19-11-8-14(24)12-17(19)21(31)25-18-5-3-2-4-16(18)20(30)26-23-28-27-22(35-23)13-6-9-15(10-7-13)29(32)33/h2-12H,1H3,(H,25,31)(H,26,28,30). The van der Waals surface area contributed by atoms with E-state index in [-0.39, 0.29) is 34.4 Å². The van der Waals surface area contributed by atoms with Gasteiger partial charge in [0.05, 0.1) is 28.8 Å². The lowest BCUT2D eigenvalue weighted by atomic mass is 10.1. The van der Waals surface area contributed by atoms with Gasteiger partial charge in [-0.25, -0.2) is 0 Å². The van der Waals surface area contributed by atoms with E-state index in [2.05, 4.69) is 20.8 Å². The molecule has 0 aliphatic rings. The van der Waals surface area contributed by atoms with E-state index in [1.165, 1.54) is 43.5 Å². The molecule has 0 radical (unpaired) electrons. The topological polar surface area (TPSA) is 149 Å². The fraction of sp³-hybridized carbons (Fsp3) is 0.0435. The molecule has 2 N–H and O–H groups in total. The second kappa shape index (κ2) is 10.0. The SMILES string of the molecule is COc1ccc(Cl)cc1C(=O)Nc1ccccc1C(=O)Nc1nnc(-c2ccc([N+](=O)[O-])cc2)o1. The van der Waals surface area contributed by atoms with E-state index in [4.69, 9.17) is 20.8 Å². The van der Waals surface area contributed by atoms with Crippen molar-refractivity contribution in [3.8, 4) is 17.2 Å². The van der Waals surface area contributed by atoms with Crippen LogP contribution in [0.3, 0.4) is 0 Å². The van der Waals surface area contributed by atoms with Gasteiger partial charge in [-0.05, 0) is 42.5 Å². The van der Waals surface area contributed by atoms with Gasteiger partial charge in [-0.15, -0.1) is 5.10 Å². The van der Waals surface area contributed by atoms with Crippen LogP contribution in [0.25, 0.3) is 11.5 Å². The molecule has 0 spiro atoms. The summed E-state index contributed by atoms with van der Waals surface area (Å²) in [4.78, 5) is 36.0. The van der Waals surface area contributed by atoms with Gasteiger partial charge >= 0.3 is 6.01 Å². The van der Waals surface area contributed by atoms with Crippen LogP contribution in [-0.2, 0) is 0 Å². The van der Waals surface area contributed by atoms with Crippen molar-refractivity contribution in [1.82, 2.24) is 10.2 Å². The summed E-state index contributed by atoms with van der Waals surface area (Å²) in [7, 11) is 1.43. The number of carbonyl (C=O) groups is 2. The lowest BCUT2D eigenvalue weighted by Crippen LogP contribution is -2.19. The lowest BCUT2D eigenvalue weighted by molar-refractivity contribution is -0.384. The molecule has 2 amide bonds. The first-order valence-electron chi connectivity index (χ1n) is 9.99. The van der Waals surface area contributed by atoms with E-state index >= 15 is 0 Å². The molecule has 0 fully saturated rings. The Hall–Kier alpha value is -4.77. The Morgan fingerprint density at radius 1 is 0.971 bits per heavy atom. The molecule has 0 saturated carbocycles. The van der Waals surface area contributed by atoms with Gasteiger partial charge in [-0.3, -0.25) is 25.0 Å². The van der Waals surface area contributed by atoms with E-state index < -0.39 is 16.7 Å². The number of aromatic nitrogens is 2.